The zero-order valence-electron chi connectivity index (χ0n) is 8.61. The van der Waals surface area contributed by atoms with Gasteiger partial charge in [0.15, 0.2) is 5.16 Å². The van der Waals surface area contributed by atoms with E-state index in [1.807, 2.05) is 6.07 Å². The van der Waals surface area contributed by atoms with Gasteiger partial charge >= 0.3 is 0 Å². The van der Waals surface area contributed by atoms with E-state index >= 15 is 0 Å². The second kappa shape index (κ2) is 5.46. The van der Waals surface area contributed by atoms with Crippen molar-refractivity contribution < 1.29 is 4.39 Å². The van der Waals surface area contributed by atoms with E-state index in [-0.39, 0.29) is 11.4 Å². The van der Waals surface area contributed by atoms with Crippen molar-refractivity contribution >= 4 is 27.7 Å². The number of thioether (sulfide) groups is 1. The Balaban J connectivity index is 2.09. The first-order valence-electron chi connectivity index (χ1n) is 4.76. The van der Waals surface area contributed by atoms with Crippen LogP contribution in [0.15, 0.2) is 44.9 Å². The third kappa shape index (κ3) is 3.67. The van der Waals surface area contributed by atoms with Crippen molar-refractivity contribution in [3.63, 3.8) is 0 Å². The minimum Gasteiger partial charge on any atom is -0.301 e. The van der Waals surface area contributed by atoms with Crippen molar-refractivity contribution in [3.8, 4) is 0 Å². The fraction of sp³-hybridized carbons (Fsp3) is 0.0909. The Morgan fingerprint density at radius 1 is 1.41 bits per heavy atom. The molecule has 2 aromatic rings. The highest BCUT2D eigenvalue weighted by molar-refractivity contribution is 9.10. The molecule has 2 rings (SSSR count). The van der Waals surface area contributed by atoms with Crippen LogP contribution in [0.1, 0.15) is 5.56 Å². The van der Waals surface area contributed by atoms with E-state index < -0.39 is 0 Å². The molecule has 0 unspecified atom stereocenters. The van der Waals surface area contributed by atoms with Crippen LogP contribution in [-0.4, -0.2) is 9.97 Å². The number of hydrogen-bond acceptors (Lipinski definition) is 3. The maximum absolute atomic E-state index is 13.1. The highest BCUT2D eigenvalue weighted by atomic mass is 79.9. The number of halogens is 2. The molecule has 0 bridgehead atoms. The summed E-state index contributed by atoms with van der Waals surface area (Å²) in [5, 5.41) is 0.526. The van der Waals surface area contributed by atoms with Crippen molar-refractivity contribution in [3.05, 3.63) is 56.7 Å². The molecule has 0 saturated carbocycles. The normalized spacial score (nSPS) is 10.5. The zero-order valence-corrected chi connectivity index (χ0v) is 11.0. The quantitative estimate of drug-likeness (QED) is 0.700. The lowest BCUT2D eigenvalue weighted by molar-refractivity contribution is 0.625. The predicted octanol–water partition coefficient (Wildman–Crippen LogP) is 2.96. The van der Waals surface area contributed by atoms with Crippen LogP contribution in [-0.2, 0) is 5.75 Å². The summed E-state index contributed by atoms with van der Waals surface area (Å²) < 4.78 is 13.8. The SMILES string of the molecule is O=c1ccnc(SCc2cc(F)cc(Br)c2)[nH]1. The summed E-state index contributed by atoms with van der Waals surface area (Å²) in [5.74, 6) is 0.257. The lowest BCUT2D eigenvalue weighted by Gasteiger charge is -2.02. The highest BCUT2D eigenvalue weighted by Crippen LogP contribution is 2.21. The van der Waals surface area contributed by atoms with Crippen molar-refractivity contribution in [2.24, 2.45) is 0 Å². The Kier molecular flexibility index (Phi) is 3.96. The van der Waals surface area contributed by atoms with E-state index in [0.29, 0.717) is 15.4 Å². The number of rotatable bonds is 3. The molecule has 0 radical (unpaired) electrons. The number of hydrogen-bond donors (Lipinski definition) is 1. The average Bonchev–Trinajstić information content (AvgIpc) is 2.25. The molecule has 1 N–H and O–H groups in total. The lowest BCUT2D eigenvalue weighted by Crippen LogP contribution is -2.05. The molecule has 1 heterocycles. The van der Waals surface area contributed by atoms with E-state index in [1.165, 1.54) is 36.2 Å². The molecular weight excluding hydrogens is 307 g/mol. The monoisotopic (exact) mass is 314 g/mol. The highest BCUT2D eigenvalue weighted by Gasteiger charge is 2.01. The molecule has 0 saturated heterocycles. The summed E-state index contributed by atoms with van der Waals surface area (Å²) in [6, 6.07) is 6.04. The topological polar surface area (TPSA) is 45.8 Å². The molecule has 0 aliphatic carbocycles. The summed E-state index contributed by atoms with van der Waals surface area (Å²) in [5.41, 5.74) is 0.635. The van der Waals surface area contributed by atoms with Gasteiger partial charge in [0, 0.05) is 22.5 Å². The van der Waals surface area contributed by atoms with Gasteiger partial charge < -0.3 is 4.98 Å². The Morgan fingerprint density at radius 2 is 2.24 bits per heavy atom. The first-order valence-corrected chi connectivity index (χ1v) is 6.54. The molecule has 17 heavy (non-hydrogen) atoms. The van der Waals surface area contributed by atoms with Crippen LogP contribution in [0.4, 0.5) is 4.39 Å². The van der Waals surface area contributed by atoms with Gasteiger partial charge in [-0.25, -0.2) is 9.37 Å². The summed E-state index contributed by atoms with van der Waals surface area (Å²) in [7, 11) is 0. The number of aromatic nitrogens is 2. The average molecular weight is 315 g/mol. The Hall–Kier alpha value is -1.14. The molecule has 0 amide bonds. The van der Waals surface area contributed by atoms with E-state index in [0.717, 1.165) is 5.56 Å². The molecule has 1 aromatic heterocycles. The molecule has 0 fully saturated rings. The third-order valence-electron chi connectivity index (χ3n) is 1.95. The number of benzene rings is 1. The smallest absolute Gasteiger partial charge is 0.251 e. The number of H-pyrrole nitrogens is 1. The van der Waals surface area contributed by atoms with Gasteiger partial charge in [-0.2, -0.15) is 0 Å². The predicted molar refractivity (Wildman–Crippen MR) is 68.5 cm³/mol. The largest absolute Gasteiger partial charge is 0.301 e. The maximum atomic E-state index is 13.1. The van der Waals surface area contributed by atoms with Gasteiger partial charge in [-0.1, -0.05) is 27.7 Å². The van der Waals surface area contributed by atoms with Crippen LogP contribution < -0.4 is 5.56 Å². The molecule has 0 aliphatic rings. The first kappa shape index (κ1) is 12.3. The van der Waals surface area contributed by atoms with Crippen molar-refractivity contribution in [2.75, 3.05) is 0 Å². The second-order valence-electron chi connectivity index (χ2n) is 3.31. The van der Waals surface area contributed by atoms with Crippen LogP contribution >= 0.6 is 27.7 Å². The van der Waals surface area contributed by atoms with Gasteiger partial charge in [-0.05, 0) is 23.8 Å². The minimum absolute atomic E-state index is 0.192. The number of aromatic amines is 1. The summed E-state index contributed by atoms with van der Waals surface area (Å²) in [6.07, 6.45) is 1.45. The summed E-state index contributed by atoms with van der Waals surface area (Å²) in [6.45, 7) is 0. The molecule has 0 aliphatic heterocycles. The molecular formula is C11H8BrFN2OS. The van der Waals surface area contributed by atoms with Crippen LogP contribution in [0, 0.1) is 5.82 Å². The third-order valence-corrected chi connectivity index (χ3v) is 3.36. The van der Waals surface area contributed by atoms with Gasteiger partial charge in [-0.15, -0.1) is 0 Å². The summed E-state index contributed by atoms with van der Waals surface area (Å²) >= 11 is 4.58. The van der Waals surface area contributed by atoms with E-state index in [1.54, 1.807) is 0 Å². The maximum Gasteiger partial charge on any atom is 0.251 e. The Labute approximate surface area is 110 Å². The van der Waals surface area contributed by atoms with E-state index in [9.17, 15) is 9.18 Å². The van der Waals surface area contributed by atoms with Crippen molar-refractivity contribution in [1.29, 1.82) is 0 Å². The molecule has 0 spiro atoms. The number of nitrogens with zero attached hydrogens (tertiary/aromatic N) is 1. The van der Waals surface area contributed by atoms with Crippen molar-refractivity contribution in [1.82, 2.24) is 9.97 Å². The van der Waals surface area contributed by atoms with Crippen molar-refractivity contribution in [2.45, 2.75) is 10.9 Å². The minimum atomic E-state index is -0.288. The lowest BCUT2D eigenvalue weighted by atomic mass is 10.2. The van der Waals surface area contributed by atoms with Gasteiger partial charge in [0.05, 0.1) is 0 Å². The Morgan fingerprint density at radius 3 is 2.94 bits per heavy atom. The van der Waals surface area contributed by atoms with Gasteiger partial charge in [0.2, 0.25) is 0 Å². The molecule has 3 nitrogen and oxygen atoms in total. The van der Waals surface area contributed by atoms with Crippen LogP contribution in [0.2, 0.25) is 0 Å². The fourth-order valence-corrected chi connectivity index (χ4v) is 2.56. The van der Waals surface area contributed by atoms with Crippen LogP contribution in [0.25, 0.3) is 0 Å². The van der Waals surface area contributed by atoms with Crippen LogP contribution in [0.3, 0.4) is 0 Å². The van der Waals surface area contributed by atoms with Gasteiger partial charge in [0.1, 0.15) is 5.82 Å². The Bertz CT molecular complexity index is 567. The number of nitrogens with one attached hydrogen (secondary N) is 1. The second-order valence-corrected chi connectivity index (χ2v) is 5.19. The molecule has 0 atom stereocenters. The van der Waals surface area contributed by atoms with E-state index in [2.05, 4.69) is 25.9 Å². The van der Waals surface area contributed by atoms with Crippen LogP contribution in [0.5, 0.6) is 0 Å². The molecule has 88 valence electrons. The van der Waals surface area contributed by atoms with E-state index in [4.69, 9.17) is 0 Å². The standard InChI is InChI=1S/C11H8BrFN2OS/c12-8-3-7(4-9(13)5-8)6-17-11-14-2-1-10(16)15-11/h1-5H,6H2,(H,14,15,16). The summed E-state index contributed by atoms with van der Waals surface area (Å²) in [4.78, 5) is 17.6. The molecule has 1 aromatic carbocycles. The van der Waals surface area contributed by atoms with Gasteiger partial charge in [-0.3, -0.25) is 4.79 Å². The fourth-order valence-electron chi connectivity index (χ4n) is 1.27. The zero-order chi connectivity index (χ0) is 12.3. The first-order chi connectivity index (χ1) is 8.13. The van der Waals surface area contributed by atoms with Gasteiger partial charge in [0.25, 0.3) is 5.56 Å². The molecule has 6 heteroatoms.